The zero-order valence-electron chi connectivity index (χ0n) is 10.2. The van der Waals surface area contributed by atoms with Crippen molar-refractivity contribution >= 4 is 11.0 Å². The van der Waals surface area contributed by atoms with Gasteiger partial charge in [0.2, 0.25) is 0 Å². The van der Waals surface area contributed by atoms with E-state index in [1.807, 2.05) is 24.1 Å². The number of aromatic amines is 1. The Morgan fingerprint density at radius 2 is 2.28 bits per heavy atom. The summed E-state index contributed by atoms with van der Waals surface area (Å²) in [5.74, 6) is 0.985. The molecule has 92 valence electrons. The second kappa shape index (κ2) is 4.27. The van der Waals surface area contributed by atoms with Crippen LogP contribution in [0.5, 0.6) is 0 Å². The molecular formula is C13H15N5. The average molecular weight is 241 g/mol. The van der Waals surface area contributed by atoms with Crippen LogP contribution in [0, 0.1) is 0 Å². The van der Waals surface area contributed by atoms with Gasteiger partial charge in [-0.15, -0.1) is 0 Å². The van der Waals surface area contributed by atoms with Crippen LogP contribution < -0.4 is 5.73 Å². The largest absolute Gasteiger partial charge is 0.348 e. The highest BCUT2D eigenvalue weighted by molar-refractivity contribution is 5.76. The lowest BCUT2D eigenvalue weighted by Gasteiger charge is -2.12. The van der Waals surface area contributed by atoms with Gasteiger partial charge in [-0.3, -0.25) is 0 Å². The SMILES string of the molecule is Cn1cnc2cc(C(CN)c3ncc[nH]3)ccc21. The van der Waals surface area contributed by atoms with Crippen molar-refractivity contribution in [1.82, 2.24) is 19.5 Å². The predicted molar refractivity (Wildman–Crippen MR) is 70.2 cm³/mol. The van der Waals surface area contributed by atoms with E-state index < -0.39 is 0 Å². The molecule has 1 unspecified atom stereocenters. The Labute approximate surface area is 105 Å². The van der Waals surface area contributed by atoms with E-state index in [0.29, 0.717) is 6.54 Å². The number of fused-ring (bicyclic) bond motifs is 1. The smallest absolute Gasteiger partial charge is 0.114 e. The lowest BCUT2D eigenvalue weighted by atomic mass is 9.98. The molecule has 0 aliphatic rings. The van der Waals surface area contributed by atoms with Crippen LogP contribution in [0.15, 0.2) is 36.9 Å². The number of rotatable bonds is 3. The monoisotopic (exact) mass is 241 g/mol. The molecule has 1 atom stereocenters. The number of aromatic nitrogens is 4. The van der Waals surface area contributed by atoms with Gasteiger partial charge < -0.3 is 15.3 Å². The molecule has 2 aromatic heterocycles. The zero-order valence-corrected chi connectivity index (χ0v) is 10.2. The molecule has 3 rings (SSSR count). The van der Waals surface area contributed by atoms with Gasteiger partial charge in [0.05, 0.1) is 23.3 Å². The molecule has 18 heavy (non-hydrogen) atoms. The molecule has 0 aliphatic carbocycles. The summed E-state index contributed by atoms with van der Waals surface area (Å²) < 4.78 is 2.00. The van der Waals surface area contributed by atoms with Crippen LogP contribution in [-0.2, 0) is 7.05 Å². The van der Waals surface area contributed by atoms with E-state index >= 15 is 0 Å². The third-order valence-electron chi connectivity index (χ3n) is 3.24. The highest BCUT2D eigenvalue weighted by Gasteiger charge is 2.15. The molecule has 2 heterocycles. The summed E-state index contributed by atoms with van der Waals surface area (Å²) in [6.45, 7) is 0.520. The van der Waals surface area contributed by atoms with E-state index in [9.17, 15) is 0 Å². The minimum atomic E-state index is 0.0893. The molecule has 0 fully saturated rings. The highest BCUT2D eigenvalue weighted by Crippen LogP contribution is 2.23. The Hall–Kier alpha value is -2.14. The molecule has 5 heteroatoms. The summed E-state index contributed by atoms with van der Waals surface area (Å²) in [5, 5.41) is 0. The van der Waals surface area contributed by atoms with E-state index in [1.54, 1.807) is 6.20 Å². The summed E-state index contributed by atoms with van der Waals surface area (Å²) in [4.78, 5) is 11.8. The molecule has 3 aromatic rings. The standard InChI is InChI=1S/C13H15N5/c1-18-8-17-11-6-9(2-3-12(11)18)10(7-14)13-15-4-5-16-13/h2-6,8,10H,7,14H2,1H3,(H,15,16). The zero-order chi connectivity index (χ0) is 12.5. The number of benzene rings is 1. The lowest BCUT2D eigenvalue weighted by Crippen LogP contribution is -2.15. The number of H-pyrrole nitrogens is 1. The molecule has 0 spiro atoms. The normalized spacial score (nSPS) is 13.0. The fourth-order valence-corrected chi connectivity index (χ4v) is 2.24. The third-order valence-corrected chi connectivity index (χ3v) is 3.24. The van der Waals surface area contributed by atoms with Gasteiger partial charge in [-0.1, -0.05) is 6.07 Å². The predicted octanol–water partition coefficient (Wildman–Crippen LogP) is 1.39. The highest BCUT2D eigenvalue weighted by atomic mass is 15.0. The van der Waals surface area contributed by atoms with E-state index in [4.69, 9.17) is 5.73 Å². The maximum absolute atomic E-state index is 5.86. The summed E-state index contributed by atoms with van der Waals surface area (Å²) >= 11 is 0. The third kappa shape index (κ3) is 1.69. The summed E-state index contributed by atoms with van der Waals surface area (Å²) in [7, 11) is 1.99. The van der Waals surface area contributed by atoms with Crippen molar-refractivity contribution in [2.75, 3.05) is 6.54 Å². The number of nitrogens with zero attached hydrogens (tertiary/aromatic N) is 3. The van der Waals surface area contributed by atoms with Crippen molar-refractivity contribution < 1.29 is 0 Å². The molecule has 0 saturated heterocycles. The van der Waals surface area contributed by atoms with Crippen LogP contribution >= 0.6 is 0 Å². The minimum absolute atomic E-state index is 0.0893. The van der Waals surface area contributed by atoms with Gasteiger partial charge in [0.15, 0.2) is 0 Å². The second-order valence-corrected chi connectivity index (χ2v) is 4.37. The lowest BCUT2D eigenvalue weighted by molar-refractivity contribution is 0.766. The number of aryl methyl sites for hydroxylation is 1. The van der Waals surface area contributed by atoms with E-state index in [-0.39, 0.29) is 5.92 Å². The Morgan fingerprint density at radius 3 is 3.00 bits per heavy atom. The van der Waals surface area contributed by atoms with E-state index in [0.717, 1.165) is 22.4 Å². The maximum Gasteiger partial charge on any atom is 0.114 e. The second-order valence-electron chi connectivity index (χ2n) is 4.37. The van der Waals surface area contributed by atoms with Gasteiger partial charge in [0, 0.05) is 26.0 Å². The van der Waals surface area contributed by atoms with Crippen molar-refractivity contribution in [2.24, 2.45) is 12.8 Å². The first kappa shape index (κ1) is 11.0. The maximum atomic E-state index is 5.86. The van der Waals surface area contributed by atoms with Crippen LogP contribution in [0.3, 0.4) is 0 Å². The number of hydrogen-bond acceptors (Lipinski definition) is 3. The van der Waals surface area contributed by atoms with Crippen LogP contribution in [0.25, 0.3) is 11.0 Å². The van der Waals surface area contributed by atoms with Gasteiger partial charge >= 0.3 is 0 Å². The first-order valence-electron chi connectivity index (χ1n) is 5.90. The Bertz CT molecular complexity index is 653. The van der Waals surface area contributed by atoms with Crippen LogP contribution in [0.4, 0.5) is 0 Å². The fourth-order valence-electron chi connectivity index (χ4n) is 2.24. The molecular weight excluding hydrogens is 226 g/mol. The summed E-state index contributed by atoms with van der Waals surface area (Å²) in [6, 6.07) is 6.24. The summed E-state index contributed by atoms with van der Waals surface area (Å²) in [6.07, 6.45) is 5.38. The Balaban J connectivity index is 2.07. The van der Waals surface area contributed by atoms with Gasteiger partial charge in [-0.25, -0.2) is 9.97 Å². The van der Waals surface area contributed by atoms with Gasteiger partial charge in [0.25, 0.3) is 0 Å². The molecule has 1 aromatic carbocycles. The van der Waals surface area contributed by atoms with Crippen LogP contribution in [0.2, 0.25) is 0 Å². The van der Waals surface area contributed by atoms with E-state index in [2.05, 4.69) is 33.2 Å². The van der Waals surface area contributed by atoms with Gasteiger partial charge in [0.1, 0.15) is 5.82 Å². The first-order chi connectivity index (χ1) is 8.79. The van der Waals surface area contributed by atoms with Crippen LogP contribution in [0.1, 0.15) is 17.3 Å². The van der Waals surface area contributed by atoms with Crippen molar-refractivity contribution in [3.63, 3.8) is 0 Å². The van der Waals surface area contributed by atoms with E-state index in [1.165, 1.54) is 0 Å². The number of nitrogens with one attached hydrogen (secondary N) is 1. The Kier molecular flexibility index (Phi) is 2.60. The fraction of sp³-hybridized carbons (Fsp3) is 0.231. The molecule has 0 bridgehead atoms. The van der Waals surface area contributed by atoms with Gasteiger partial charge in [-0.05, 0) is 17.7 Å². The van der Waals surface area contributed by atoms with Gasteiger partial charge in [-0.2, -0.15) is 0 Å². The molecule has 3 N–H and O–H groups in total. The van der Waals surface area contributed by atoms with Crippen molar-refractivity contribution in [2.45, 2.75) is 5.92 Å². The van der Waals surface area contributed by atoms with Crippen molar-refractivity contribution in [3.05, 3.63) is 48.3 Å². The number of hydrogen-bond donors (Lipinski definition) is 2. The first-order valence-corrected chi connectivity index (χ1v) is 5.90. The molecule has 5 nitrogen and oxygen atoms in total. The van der Waals surface area contributed by atoms with Crippen molar-refractivity contribution in [3.8, 4) is 0 Å². The molecule has 0 aliphatic heterocycles. The Morgan fingerprint density at radius 1 is 1.39 bits per heavy atom. The topological polar surface area (TPSA) is 72.5 Å². The van der Waals surface area contributed by atoms with Crippen LogP contribution in [-0.4, -0.2) is 26.1 Å². The van der Waals surface area contributed by atoms with Crippen molar-refractivity contribution in [1.29, 1.82) is 0 Å². The minimum Gasteiger partial charge on any atom is -0.348 e. The molecule has 0 saturated carbocycles. The quantitative estimate of drug-likeness (QED) is 0.727. The molecule has 0 amide bonds. The number of nitrogens with two attached hydrogens (primary N) is 1. The molecule has 0 radical (unpaired) electrons. The number of imidazole rings is 2. The average Bonchev–Trinajstić information content (AvgIpc) is 3.01. The summed E-state index contributed by atoms with van der Waals surface area (Å²) in [5.41, 5.74) is 9.10.